The Morgan fingerprint density at radius 3 is 2.58 bits per heavy atom. The fourth-order valence-corrected chi connectivity index (χ4v) is 4.49. The second-order valence-corrected chi connectivity index (χ2v) is 8.46. The average Bonchev–Trinajstić information content (AvgIpc) is 2.54. The SMILES string of the molecule is COC(=O)C1=C(C)N=C2CC(C)(C)CC(=O)C2C1c1cccc(Cl)c1Cl. The summed E-state index contributed by atoms with van der Waals surface area (Å²) in [6, 6.07) is 5.27. The van der Waals surface area contributed by atoms with E-state index in [-0.39, 0.29) is 11.2 Å². The van der Waals surface area contributed by atoms with Gasteiger partial charge in [-0.3, -0.25) is 9.79 Å². The zero-order valence-electron chi connectivity index (χ0n) is 15.2. The molecule has 0 bridgehead atoms. The first-order valence-corrected chi connectivity index (χ1v) is 9.25. The minimum absolute atomic E-state index is 0.0648. The van der Waals surface area contributed by atoms with Gasteiger partial charge in [-0.15, -0.1) is 0 Å². The molecule has 1 saturated carbocycles. The molecular formula is C20H21Cl2NO3. The number of hydrogen-bond acceptors (Lipinski definition) is 4. The van der Waals surface area contributed by atoms with Crippen LogP contribution in [0.15, 0.2) is 34.5 Å². The van der Waals surface area contributed by atoms with Crippen molar-refractivity contribution in [2.45, 2.75) is 39.5 Å². The van der Waals surface area contributed by atoms with Crippen LogP contribution < -0.4 is 0 Å². The molecule has 1 heterocycles. The van der Waals surface area contributed by atoms with Crippen molar-refractivity contribution in [3.05, 3.63) is 45.1 Å². The van der Waals surface area contributed by atoms with E-state index in [0.717, 1.165) is 5.71 Å². The van der Waals surface area contributed by atoms with E-state index in [4.69, 9.17) is 27.9 Å². The lowest BCUT2D eigenvalue weighted by molar-refractivity contribution is -0.136. The van der Waals surface area contributed by atoms with Crippen molar-refractivity contribution >= 4 is 40.7 Å². The Morgan fingerprint density at radius 2 is 1.92 bits per heavy atom. The number of hydrogen-bond donors (Lipinski definition) is 0. The van der Waals surface area contributed by atoms with E-state index in [1.54, 1.807) is 19.1 Å². The maximum atomic E-state index is 13.1. The highest BCUT2D eigenvalue weighted by Gasteiger charge is 2.48. The molecule has 0 saturated heterocycles. The molecule has 1 aromatic rings. The first-order valence-electron chi connectivity index (χ1n) is 8.49. The topological polar surface area (TPSA) is 55.7 Å². The van der Waals surface area contributed by atoms with E-state index in [0.29, 0.717) is 39.7 Å². The van der Waals surface area contributed by atoms with Crippen molar-refractivity contribution in [3.63, 3.8) is 0 Å². The lowest BCUT2D eigenvalue weighted by atomic mass is 9.63. The van der Waals surface area contributed by atoms with E-state index >= 15 is 0 Å². The van der Waals surface area contributed by atoms with Crippen LogP contribution in [-0.4, -0.2) is 24.6 Å². The lowest BCUT2D eigenvalue weighted by Crippen LogP contribution is -2.44. The normalized spacial score (nSPS) is 24.8. The summed E-state index contributed by atoms with van der Waals surface area (Å²) in [5.74, 6) is -1.49. The van der Waals surface area contributed by atoms with Crippen LogP contribution in [0.4, 0.5) is 0 Å². The Labute approximate surface area is 163 Å². The van der Waals surface area contributed by atoms with Crippen molar-refractivity contribution in [1.29, 1.82) is 0 Å². The molecule has 138 valence electrons. The van der Waals surface area contributed by atoms with Gasteiger partial charge in [0.05, 0.1) is 28.6 Å². The van der Waals surface area contributed by atoms with Crippen LogP contribution >= 0.6 is 23.2 Å². The summed E-state index contributed by atoms with van der Waals surface area (Å²) in [6.07, 6.45) is 1.13. The van der Waals surface area contributed by atoms with Gasteiger partial charge in [0.15, 0.2) is 0 Å². The second-order valence-electron chi connectivity index (χ2n) is 7.68. The molecule has 1 aliphatic carbocycles. The number of Topliss-reactive ketones (excluding diaryl/α,β-unsaturated/α-hetero) is 1. The first-order chi connectivity index (χ1) is 12.2. The summed E-state index contributed by atoms with van der Waals surface area (Å²) in [7, 11) is 1.32. The van der Waals surface area contributed by atoms with Crippen molar-refractivity contribution in [1.82, 2.24) is 0 Å². The zero-order chi connectivity index (χ0) is 19.2. The molecule has 26 heavy (non-hydrogen) atoms. The number of fused-ring (bicyclic) bond motifs is 1. The number of ketones is 1. The molecule has 2 unspecified atom stereocenters. The number of methoxy groups -OCH3 is 1. The van der Waals surface area contributed by atoms with Crippen LogP contribution in [-0.2, 0) is 14.3 Å². The Hall–Kier alpha value is -1.65. The number of aliphatic imine (C=N–C) groups is 1. The van der Waals surface area contributed by atoms with Crippen LogP contribution in [0.25, 0.3) is 0 Å². The van der Waals surface area contributed by atoms with E-state index in [2.05, 4.69) is 18.8 Å². The van der Waals surface area contributed by atoms with Gasteiger partial charge in [-0.05, 0) is 30.4 Å². The Kier molecular flexibility index (Phi) is 5.02. The number of ether oxygens (including phenoxy) is 1. The van der Waals surface area contributed by atoms with Gasteiger partial charge in [-0.2, -0.15) is 0 Å². The van der Waals surface area contributed by atoms with Crippen LogP contribution in [0.5, 0.6) is 0 Å². The van der Waals surface area contributed by atoms with Crippen LogP contribution in [0, 0.1) is 11.3 Å². The summed E-state index contributed by atoms with van der Waals surface area (Å²) in [6.45, 7) is 5.88. The molecule has 1 aromatic carbocycles. The number of rotatable bonds is 2. The Balaban J connectivity index is 2.24. The first kappa shape index (κ1) is 19.1. The van der Waals surface area contributed by atoms with Gasteiger partial charge in [0.1, 0.15) is 5.78 Å². The lowest BCUT2D eigenvalue weighted by Gasteiger charge is -2.41. The molecule has 1 fully saturated rings. The van der Waals surface area contributed by atoms with Crippen LogP contribution in [0.3, 0.4) is 0 Å². The summed E-state index contributed by atoms with van der Waals surface area (Å²) in [5, 5.41) is 0.742. The molecule has 2 aliphatic rings. The van der Waals surface area contributed by atoms with Gasteiger partial charge in [-0.1, -0.05) is 49.2 Å². The molecule has 0 amide bonds. The number of benzene rings is 1. The highest BCUT2D eigenvalue weighted by atomic mass is 35.5. The molecule has 0 spiro atoms. The third-order valence-corrected chi connectivity index (χ3v) is 5.92. The van der Waals surface area contributed by atoms with E-state index in [9.17, 15) is 9.59 Å². The number of esters is 1. The number of allylic oxidation sites excluding steroid dienone is 1. The summed E-state index contributed by atoms with van der Waals surface area (Å²) in [4.78, 5) is 30.2. The minimum Gasteiger partial charge on any atom is -0.466 e. The monoisotopic (exact) mass is 393 g/mol. The molecule has 2 atom stereocenters. The quantitative estimate of drug-likeness (QED) is 0.665. The maximum absolute atomic E-state index is 13.1. The maximum Gasteiger partial charge on any atom is 0.336 e. The van der Waals surface area contributed by atoms with Crippen molar-refractivity contribution < 1.29 is 14.3 Å². The van der Waals surface area contributed by atoms with Crippen molar-refractivity contribution in [3.8, 4) is 0 Å². The predicted octanol–water partition coefficient (Wildman–Crippen LogP) is 4.98. The van der Waals surface area contributed by atoms with Gasteiger partial charge in [-0.25, -0.2) is 4.79 Å². The molecule has 0 radical (unpaired) electrons. The average molecular weight is 394 g/mol. The highest BCUT2D eigenvalue weighted by molar-refractivity contribution is 6.42. The fraction of sp³-hybridized carbons (Fsp3) is 0.450. The van der Waals surface area contributed by atoms with Gasteiger partial charge in [0, 0.05) is 23.7 Å². The number of carbonyl (C=O) groups is 2. The molecular weight excluding hydrogens is 373 g/mol. The van der Waals surface area contributed by atoms with E-state index in [1.165, 1.54) is 7.11 Å². The smallest absolute Gasteiger partial charge is 0.336 e. The molecule has 0 N–H and O–H groups in total. The highest BCUT2D eigenvalue weighted by Crippen LogP contribution is 2.49. The molecule has 4 nitrogen and oxygen atoms in total. The number of nitrogens with zero attached hydrogens (tertiary/aromatic N) is 1. The third-order valence-electron chi connectivity index (χ3n) is 5.09. The second kappa shape index (κ2) is 6.82. The van der Waals surface area contributed by atoms with Gasteiger partial charge in [0.2, 0.25) is 0 Å². The van der Waals surface area contributed by atoms with Crippen molar-refractivity contribution in [2.24, 2.45) is 16.3 Å². The van der Waals surface area contributed by atoms with Crippen molar-refractivity contribution in [2.75, 3.05) is 7.11 Å². The Morgan fingerprint density at radius 1 is 1.23 bits per heavy atom. The zero-order valence-corrected chi connectivity index (χ0v) is 16.7. The predicted molar refractivity (Wildman–Crippen MR) is 103 cm³/mol. The largest absolute Gasteiger partial charge is 0.466 e. The standard InChI is InChI=1S/C20H21Cl2NO3/c1-10-15(19(25)26-4)16(11-6-5-7-12(21)18(11)22)17-13(23-10)8-20(2,3)9-14(17)24/h5-7,16-17H,8-9H2,1-4H3. The van der Waals surface area contributed by atoms with Gasteiger partial charge in [0.25, 0.3) is 0 Å². The molecule has 6 heteroatoms. The van der Waals surface area contributed by atoms with E-state index < -0.39 is 17.8 Å². The molecule has 3 rings (SSSR count). The molecule has 1 aliphatic heterocycles. The van der Waals surface area contributed by atoms with E-state index in [1.807, 2.05) is 6.07 Å². The summed E-state index contributed by atoms with van der Waals surface area (Å²) < 4.78 is 4.98. The minimum atomic E-state index is -0.537. The number of halogens is 2. The van der Waals surface area contributed by atoms with Crippen LogP contribution in [0.2, 0.25) is 10.0 Å². The van der Waals surface area contributed by atoms with Gasteiger partial charge < -0.3 is 4.74 Å². The number of carbonyl (C=O) groups excluding carboxylic acids is 2. The summed E-state index contributed by atoms with van der Waals surface area (Å²) in [5.41, 5.74) is 2.24. The van der Waals surface area contributed by atoms with Gasteiger partial charge >= 0.3 is 5.97 Å². The Bertz CT molecular complexity index is 855. The third kappa shape index (κ3) is 3.21. The fourth-order valence-electron chi connectivity index (χ4n) is 4.07. The summed E-state index contributed by atoms with van der Waals surface area (Å²) >= 11 is 12.7. The van der Waals surface area contributed by atoms with Crippen LogP contribution in [0.1, 0.15) is 45.1 Å². The molecule has 0 aromatic heterocycles.